The molecule has 17 heavy (non-hydrogen) atoms. The van der Waals surface area contributed by atoms with Gasteiger partial charge in [0.1, 0.15) is 11.0 Å². The minimum absolute atomic E-state index is 0.391. The molecule has 0 aliphatic heterocycles. The highest BCUT2D eigenvalue weighted by Gasteiger charge is 2.30. The number of thioether (sulfide) groups is 1. The average molecular weight is 271 g/mol. The zero-order chi connectivity index (χ0) is 12.1. The van der Waals surface area contributed by atoms with Crippen molar-refractivity contribution in [2.45, 2.75) is 36.9 Å². The van der Waals surface area contributed by atoms with Crippen LogP contribution in [0.5, 0.6) is 0 Å². The molecule has 0 unspecified atom stereocenters. The van der Waals surface area contributed by atoms with Crippen molar-refractivity contribution in [1.82, 2.24) is 4.98 Å². The van der Waals surface area contributed by atoms with E-state index in [1.807, 2.05) is 23.9 Å². The topological polar surface area (TPSA) is 24.9 Å². The summed E-state index contributed by atoms with van der Waals surface area (Å²) in [6.07, 6.45) is 8.93. The van der Waals surface area contributed by atoms with E-state index in [-0.39, 0.29) is 0 Å². The molecule has 94 valence electrons. The van der Waals surface area contributed by atoms with Crippen LogP contribution in [0.4, 0.5) is 5.82 Å². The van der Waals surface area contributed by atoms with Crippen molar-refractivity contribution < 1.29 is 0 Å². The van der Waals surface area contributed by atoms with E-state index < -0.39 is 0 Å². The van der Waals surface area contributed by atoms with Gasteiger partial charge in [0.25, 0.3) is 0 Å². The number of hydrogen-bond donors (Lipinski definition) is 1. The summed E-state index contributed by atoms with van der Waals surface area (Å²) in [6, 6.07) is 5.71. The SMILES string of the molecule is CSC1(CNc2cccc(Cl)n2)CCCCC1. The van der Waals surface area contributed by atoms with Crippen LogP contribution in [0.3, 0.4) is 0 Å². The van der Waals surface area contributed by atoms with Crippen LogP contribution in [0.1, 0.15) is 32.1 Å². The maximum absolute atomic E-state index is 5.88. The molecule has 0 atom stereocenters. The van der Waals surface area contributed by atoms with E-state index in [4.69, 9.17) is 11.6 Å². The third-order valence-corrected chi connectivity index (χ3v) is 5.13. The smallest absolute Gasteiger partial charge is 0.131 e. The average Bonchev–Trinajstić information content (AvgIpc) is 2.38. The van der Waals surface area contributed by atoms with E-state index >= 15 is 0 Å². The third kappa shape index (κ3) is 3.52. The van der Waals surface area contributed by atoms with Gasteiger partial charge in [-0.1, -0.05) is 36.9 Å². The van der Waals surface area contributed by atoms with E-state index in [1.54, 1.807) is 6.07 Å². The normalized spacial score (nSPS) is 18.9. The highest BCUT2D eigenvalue weighted by atomic mass is 35.5. The molecule has 0 radical (unpaired) electrons. The summed E-state index contributed by atoms with van der Waals surface area (Å²) in [5.41, 5.74) is 0. The molecule has 1 aliphatic carbocycles. The number of pyridine rings is 1. The summed E-state index contributed by atoms with van der Waals surface area (Å²) < 4.78 is 0.391. The number of aromatic nitrogens is 1. The van der Waals surface area contributed by atoms with Gasteiger partial charge < -0.3 is 5.32 Å². The number of anilines is 1. The second kappa shape index (κ2) is 5.96. The molecular formula is C13H19ClN2S. The number of nitrogens with zero attached hydrogens (tertiary/aromatic N) is 1. The third-order valence-electron chi connectivity index (χ3n) is 3.50. The summed E-state index contributed by atoms with van der Waals surface area (Å²) in [7, 11) is 0. The maximum atomic E-state index is 5.88. The Morgan fingerprint density at radius 2 is 2.12 bits per heavy atom. The van der Waals surface area contributed by atoms with E-state index in [9.17, 15) is 0 Å². The van der Waals surface area contributed by atoms with Crippen molar-refractivity contribution >= 4 is 29.2 Å². The molecule has 4 heteroatoms. The molecule has 1 saturated carbocycles. The van der Waals surface area contributed by atoms with Gasteiger partial charge in [-0.25, -0.2) is 4.98 Å². The van der Waals surface area contributed by atoms with Crippen molar-refractivity contribution in [3.63, 3.8) is 0 Å². The van der Waals surface area contributed by atoms with Crippen LogP contribution < -0.4 is 5.32 Å². The van der Waals surface area contributed by atoms with Gasteiger partial charge in [-0.05, 0) is 31.2 Å². The van der Waals surface area contributed by atoms with E-state index in [0.717, 1.165) is 12.4 Å². The first kappa shape index (κ1) is 13.0. The minimum Gasteiger partial charge on any atom is -0.369 e. The first-order chi connectivity index (χ1) is 8.24. The molecule has 1 aliphatic rings. The molecule has 0 bridgehead atoms. The Hall–Kier alpha value is -0.410. The Morgan fingerprint density at radius 3 is 2.76 bits per heavy atom. The van der Waals surface area contributed by atoms with Gasteiger partial charge in [-0.2, -0.15) is 11.8 Å². The first-order valence-electron chi connectivity index (χ1n) is 6.16. The fraction of sp³-hybridized carbons (Fsp3) is 0.615. The Labute approximate surface area is 113 Å². The van der Waals surface area contributed by atoms with Crippen LogP contribution in [-0.4, -0.2) is 22.5 Å². The zero-order valence-electron chi connectivity index (χ0n) is 10.2. The second-order valence-electron chi connectivity index (χ2n) is 4.65. The van der Waals surface area contributed by atoms with Crippen LogP contribution in [0.15, 0.2) is 18.2 Å². The summed E-state index contributed by atoms with van der Waals surface area (Å²) >= 11 is 7.87. The largest absolute Gasteiger partial charge is 0.369 e. The number of rotatable bonds is 4. The summed E-state index contributed by atoms with van der Waals surface area (Å²) in [5.74, 6) is 0.886. The predicted octanol–water partition coefficient (Wildman–Crippen LogP) is 4.21. The van der Waals surface area contributed by atoms with Crippen LogP contribution in [0.25, 0.3) is 0 Å². The molecule has 0 spiro atoms. The fourth-order valence-corrected chi connectivity index (χ4v) is 3.48. The highest BCUT2D eigenvalue weighted by molar-refractivity contribution is 8.00. The Bertz CT molecular complexity index is 364. The standard InChI is InChI=1S/C13H19ClN2S/c1-17-13(8-3-2-4-9-13)10-15-12-7-5-6-11(14)16-12/h5-7H,2-4,8-10H2,1H3,(H,15,16). The van der Waals surface area contributed by atoms with Gasteiger partial charge in [0, 0.05) is 11.3 Å². The van der Waals surface area contributed by atoms with E-state index in [2.05, 4.69) is 16.6 Å². The van der Waals surface area contributed by atoms with Crippen molar-refractivity contribution in [2.24, 2.45) is 0 Å². The lowest BCUT2D eigenvalue weighted by atomic mass is 9.88. The Balaban J connectivity index is 1.95. The first-order valence-corrected chi connectivity index (χ1v) is 7.76. The van der Waals surface area contributed by atoms with Crippen molar-refractivity contribution in [2.75, 3.05) is 18.1 Å². The molecule has 2 nitrogen and oxygen atoms in total. The quantitative estimate of drug-likeness (QED) is 0.830. The molecule has 0 saturated heterocycles. The molecule has 1 aromatic rings. The van der Waals surface area contributed by atoms with Gasteiger partial charge >= 0.3 is 0 Å². The molecule has 0 amide bonds. The van der Waals surface area contributed by atoms with E-state index in [0.29, 0.717) is 9.90 Å². The zero-order valence-corrected chi connectivity index (χ0v) is 11.8. The van der Waals surface area contributed by atoms with Crippen molar-refractivity contribution in [3.8, 4) is 0 Å². The summed E-state index contributed by atoms with van der Waals surface area (Å²) in [5, 5.41) is 3.98. The number of hydrogen-bond acceptors (Lipinski definition) is 3. The second-order valence-corrected chi connectivity index (χ2v) is 6.31. The van der Waals surface area contributed by atoms with Gasteiger partial charge in [0.05, 0.1) is 0 Å². The molecular weight excluding hydrogens is 252 g/mol. The maximum Gasteiger partial charge on any atom is 0.131 e. The van der Waals surface area contributed by atoms with Crippen molar-refractivity contribution in [3.05, 3.63) is 23.4 Å². The fourth-order valence-electron chi connectivity index (χ4n) is 2.41. The molecule has 2 rings (SSSR count). The highest BCUT2D eigenvalue weighted by Crippen LogP contribution is 2.38. The number of nitrogens with one attached hydrogen (secondary N) is 1. The van der Waals surface area contributed by atoms with Gasteiger partial charge in [0.15, 0.2) is 0 Å². The monoisotopic (exact) mass is 270 g/mol. The lowest BCUT2D eigenvalue weighted by Crippen LogP contribution is -2.35. The van der Waals surface area contributed by atoms with Crippen LogP contribution >= 0.6 is 23.4 Å². The molecule has 0 aromatic carbocycles. The van der Waals surface area contributed by atoms with Crippen LogP contribution in [-0.2, 0) is 0 Å². The molecule has 1 heterocycles. The van der Waals surface area contributed by atoms with Gasteiger partial charge in [-0.3, -0.25) is 0 Å². The summed E-state index contributed by atoms with van der Waals surface area (Å²) in [6.45, 7) is 0.988. The van der Waals surface area contributed by atoms with Gasteiger partial charge in [-0.15, -0.1) is 0 Å². The number of halogens is 1. The Morgan fingerprint density at radius 1 is 1.35 bits per heavy atom. The van der Waals surface area contributed by atoms with Crippen LogP contribution in [0.2, 0.25) is 5.15 Å². The van der Waals surface area contributed by atoms with Gasteiger partial charge in [0.2, 0.25) is 0 Å². The lowest BCUT2D eigenvalue weighted by molar-refractivity contribution is 0.411. The lowest BCUT2D eigenvalue weighted by Gasteiger charge is -2.36. The summed E-state index contributed by atoms with van der Waals surface area (Å²) in [4.78, 5) is 4.27. The minimum atomic E-state index is 0.391. The molecule has 1 aromatic heterocycles. The molecule has 1 fully saturated rings. The van der Waals surface area contributed by atoms with E-state index in [1.165, 1.54) is 32.1 Å². The Kier molecular flexibility index (Phi) is 4.57. The predicted molar refractivity (Wildman–Crippen MR) is 77.1 cm³/mol. The molecule has 1 N–H and O–H groups in total. The van der Waals surface area contributed by atoms with Crippen LogP contribution in [0, 0.1) is 0 Å². The van der Waals surface area contributed by atoms with Crippen molar-refractivity contribution in [1.29, 1.82) is 0 Å².